The Morgan fingerprint density at radius 1 is 1.04 bits per heavy atom. The van der Waals surface area contributed by atoms with Gasteiger partial charge in [0.25, 0.3) is 0 Å². The fourth-order valence-corrected chi connectivity index (χ4v) is 3.28. The van der Waals surface area contributed by atoms with Crippen molar-refractivity contribution < 1.29 is 23.4 Å². The van der Waals surface area contributed by atoms with Crippen LogP contribution in [-0.4, -0.2) is 26.8 Å². The maximum Gasteiger partial charge on any atom is 0.309 e. The molecule has 132 valence electrons. The van der Waals surface area contributed by atoms with Gasteiger partial charge < -0.3 is 14.2 Å². The summed E-state index contributed by atoms with van der Waals surface area (Å²) < 4.78 is 29.2. The summed E-state index contributed by atoms with van der Waals surface area (Å²) in [4.78, 5) is 12.1. The Hall–Kier alpha value is -2.56. The maximum absolute atomic E-state index is 13.4. The number of methoxy groups -OCH3 is 2. The molecule has 25 heavy (non-hydrogen) atoms. The van der Waals surface area contributed by atoms with E-state index < -0.39 is 0 Å². The normalized spacial score (nSPS) is 19.6. The molecule has 0 radical (unpaired) electrons. The summed E-state index contributed by atoms with van der Waals surface area (Å²) in [6, 6.07) is 12.1. The van der Waals surface area contributed by atoms with Crippen LogP contribution in [0.15, 0.2) is 42.5 Å². The van der Waals surface area contributed by atoms with Crippen LogP contribution in [0.3, 0.4) is 0 Å². The Morgan fingerprint density at radius 2 is 1.80 bits per heavy atom. The summed E-state index contributed by atoms with van der Waals surface area (Å²) in [5.74, 6) is 0.604. The molecule has 1 aliphatic rings. The Labute approximate surface area is 146 Å². The number of hydrogen-bond acceptors (Lipinski definition) is 4. The van der Waals surface area contributed by atoms with E-state index >= 15 is 0 Å². The van der Waals surface area contributed by atoms with E-state index in [9.17, 15) is 9.18 Å². The van der Waals surface area contributed by atoms with Gasteiger partial charge in [0.2, 0.25) is 0 Å². The lowest BCUT2D eigenvalue weighted by Gasteiger charge is -2.16. The first-order valence-electron chi connectivity index (χ1n) is 8.22. The van der Waals surface area contributed by atoms with Crippen molar-refractivity contribution in [2.24, 2.45) is 11.8 Å². The second-order valence-corrected chi connectivity index (χ2v) is 6.22. The number of rotatable bonds is 6. The number of esters is 1. The quantitative estimate of drug-likeness (QED) is 0.753. The van der Waals surface area contributed by atoms with Gasteiger partial charge in [-0.3, -0.25) is 4.79 Å². The van der Waals surface area contributed by atoms with Crippen LogP contribution in [0.4, 0.5) is 4.39 Å². The van der Waals surface area contributed by atoms with Gasteiger partial charge in [-0.2, -0.15) is 0 Å². The maximum atomic E-state index is 13.4. The lowest BCUT2D eigenvalue weighted by atomic mass is 9.85. The van der Waals surface area contributed by atoms with Crippen LogP contribution in [-0.2, 0) is 22.4 Å². The van der Waals surface area contributed by atoms with E-state index in [0.29, 0.717) is 30.9 Å². The Morgan fingerprint density at radius 3 is 2.52 bits per heavy atom. The van der Waals surface area contributed by atoms with E-state index in [2.05, 4.69) is 0 Å². The molecule has 3 rings (SSSR count). The van der Waals surface area contributed by atoms with Crippen LogP contribution in [0, 0.1) is 17.7 Å². The summed E-state index contributed by atoms with van der Waals surface area (Å²) in [5, 5.41) is 0. The van der Waals surface area contributed by atoms with Crippen molar-refractivity contribution >= 4 is 5.97 Å². The van der Waals surface area contributed by atoms with Gasteiger partial charge in [-0.1, -0.05) is 18.2 Å². The van der Waals surface area contributed by atoms with Crippen LogP contribution in [0.25, 0.3) is 0 Å². The molecule has 1 fully saturated rings. The summed E-state index contributed by atoms with van der Waals surface area (Å²) in [5.41, 5.74) is 1.85. The first-order valence-corrected chi connectivity index (χ1v) is 8.22. The number of halogens is 1. The van der Waals surface area contributed by atoms with Crippen molar-refractivity contribution in [3.05, 3.63) is 59.4 Å². The number of hydrogen-bond donors (Lipinski definition) is 0. The molecule has 0 bridgehead atoms. The molecule has 1 aliphatic heterocycles. The van der Waals surface area contributed by atoms with E-state index in [1.165, 1.54) is 12.1 Å². The minimum Gasteiger partial charge on any atom is -0.493 e. The molecule has 1 heterocycles. The number of ether oxygens (including phenoxy) is 3. The van der Waals surface area contributed by atoms with E-state index in [4.69, 9.17) is 14.2 Å². The van der Waals surface area contributed by atoms with Gasteiger partial charge in [-0.25, -0.2) is 4.39 Å². The van der Waals surface area contributed by atoms with Gasteiger partial charge in [-0.05, 0) is 48.2 Å². The predicted molar refractivity (Wildman–Crippen MR) is 91.3 cm³/mol. The molecule has 5 heteroatoms. The van der Waals surface area contributed by atoms with Gasteiger partial charge in [0.1, 0.15) is 5.82 Å². The van der Waals surface area contributed by atoms with Crippen molar-refractivity contribution in [1.29, 1.82) is 0 Å². The molecule has 2 aromatic carbocycles. The van der Waals surface area contributed by atoms with Gasteiger partial charge in [0.15, 0.2) is 11.5 Å². The Balaban J connectivity index is 1.75. The number of benzene rings is 2. The molecule has 0 aromatic heterocycles. The van der Waals surface area contributed by atoms with Crippen LogP contribution in [0.1, 0.15) is 11.1 Å². The van der Waals surface area contributed by atoms with E-state index in [1.54, 1.807) is 20.3 Å². The number of carbonyl (C=O) groups is 1. The molecule has 2 atom stereocenters. The van der Waals surface area contributed by atoms with E-state index in [-0.39, 0.29) is 23.6 Å². The first-order chi connectivity index (χ1) is 12.1. The highest BCUT2D eigenvalue weighted by Crippen LogP contribution is 2.32. The highest BCUT2D eigenvalue weighted by atomic mass is 19.1. The third kappa shape index (κ3) is 3.92. The summed E-state index contributed by atoms with van der Waals surface area (Å²) in [6.45, 7) is 0.382. The van der Waals surface area contributed by atoms with Crippen molar-refractivity contribution in [3.8, 4) is 11.5 Å². The first kappa shape index (κ1) is 17.3. The molecule has 2 aromatic rings. The highest BCUT2D eigenvalue weighted by molar-refractivity contribution is 5.75. The van der Waals surface area contributed by atoms with Gasteiger partial charge in [0, 0.05) is 5.92 Å². The molecule has 4 nitrogen and oxygen atoms in total. The molecule has 2 unspecified atom stereocenters. The fourth-order valence-electron chi connectivity index (χ4n) is 3.28. The molecule has 1 saturated heterocycles. The monoisotopic (exact) mass is 344 g/mol. The molecule has 0 aliphatic carbocycles. The van der Waals surface area contributed by atoms with Gasteiger partial charge in [0.05, 0.1) is 26.7 Å². The van der Waals surface area contributed by atoms with Crippen LogP contribution >= 0.6 is 0 Å². The van der Waals surface area contributed by atoms with Gasteiger partial charge >= 0.3 is 5.97 Å². The minimum atomic E-state index is -0.291. The third-order valence-electron chi connectivity index (χ3n) is 4.60. The van der Waals surface area contributed by atoms with Crippen molar-refractivity contribution in [2.45, 2.75) is 12.8 Å². The van der Waals surface area contributed by atoms with Gasteiger partial charge in [-0.15, -0.1) is 0 Å². The minimum absolute atomic E-state index is 0.0499. The molecule has 0 amide bonds. The summed E-state index contributed by atoms with van der Waals surface area (Å²) >= 11 is 0. The lowest BCUT2D eigenvalue weighted by Crippen LogP contribution is -2.20. The molecular weight excluding hydrogens is 323 g/mol. The fraction of sp³-hybridized carbons (Fsp3) is 0.350. The largest absolute Gasteiger partial charge is 0.493 e. The Bertz CT molecular complexity index is 759. The summed E-state index contributed by atoms with van der Waals surface area (Å²) in [7, 11) is 3.19. The third-order valence-corrected chi connectivity index (χ3v) is 4.60. The molecule has 0 spiro atoms. The predicted octanol–water partition coefficient (Wildman–Crippen LogP) is 3.42. The molecular formula is C20H21FO4. The number of cyclic esters (lactones) is 1. The average molecular weight is 344 g/mol. The lowest BCUT2D eigenvalue weighted by molar-refractivity contribution is -0.141. The SMILES string of the molecule is COc1ccc(CC2COC(=O)C2Cc2cccc(F)c2)cc1OC. The van der Waals surface area contributed by atoms with E-state index in [0.717, 1.165) is 11.1 Å². The smallest absolute Gasteiger partial charge is 0.309 e. The second-order valence-electron chi connectivity index (χ2n) is 6.22. The van der Waals surface area contributed by atoms with Crippen molar-refractivity contribution in [2.75, 3.05) is 20.8 Å². The van der Waals surface area contributed by atoms with E-state index in [1.807, 2.05) is 24.3 Å². The average Bonchev–Trinajstić information content (AvgIpc) is 2.95. The van der Waals surface area contributed by atoms with Crippen LogP contribution in [0.2, 0.25) is 0 Å². The molecule has 0 N–H and O–H groups in total. The zero-order valence-electron chi connectivity index (χ0n) is 14.3. The Kier molecular flexibility index (Phi) is 5.22. The molecule has 0 saturated carbocycles. The van der Waals surface area contributed by atoms with Crippen LogP contribution in [0.5, 0.6) is 11.5 Å². The van der Waals surface area contributed by atoms with Crippen molar-refractivity contribution in [3.63, 3.8) is 0 Å². The highest BCUT2D eigenvalue weighted by Gasteiger charge is 2.36. The zero-order valence-corrected chi connectivity index (χ0v) is 14.3. The van der Waals surface area contributed by atoms with Crippen LogP contribution < -0.4 is 9.47 Å². The standard InChI is InChI=1S/C20H21FO4/c1-23-18-7-6-14(11-19(18)24-2)8-15-12-25-20(22)17(15)10-13-4-3-5-16(21)9-13/h3-7,9,11,15,17H,8,10,12H2,1-2H3. The summed E-state index contributed by atoms with van der Waals surface area (Å²) in [6.07, 6.45) is 1.17. The second kappa shape index (κ2) is 7.55. The zero-order chi connectivity index (χ0) is 17.8. The van der Waals surface area contributed by atoms with Crippen molar-refractivity contribution in [1.82, 2.24) is 0 Å². The number of carbonyl (C=O) groups excluding carboxylic acids is 1. The topological polar surface area (TPSA) is 44.8 Å².